The maximum absolute atomic E-state index is 10.7. The molecule has 5 heteroatoms. The van der Waals surface area contributed by atoms with Crippen molar-refractivity contribution in [1.82, 2.24) is 4.90 Å². The first-order valence-corrected chi connectivity index (χ1v) is 2.98. The Morgan fingerprint density at radius 2 is 1.91 bits per heavy atom. The summed E-state index contributed by atoms with van der Waals surface area (Å²) in [5.41, 5.74) is 0. The molecule has 0 aliphatic rings. The molecule has 0 bridgehead atoms. The molecule has 0 unspecified atom stereocenters. The first-order chi connectivity index (χ1) is 5.13. The van der Waals surface area contributed by atoms with E-state index in [1.165, 1.54) is 21.1 Å². The van der Waals surface area contributed by atoms with Gasteiger partial charge in [-0.3, -0.25) is 4.79 Å². The van der Waals surface area contributed by atoms with Gasteiger partial charge in [0.15, 0.2) is 0 Å². The predicted molar refractivity (Wildman–Crippen MR) is 36.8 cm³/mol. The molecule has 0 aromatic heterocycles. The molecule has 0 N–H and O–H groups in total. The van der Waals surface area contributed by atoms with E-state index >= 15 is 0 Å². The largest absolute Gasteiger partial charge is 0.452 e. The van der Waals surface area contributed by atoms with Gasteiger partial charge in [0.2, 0.25) is 5.91 Å². The van der Waals surface area contributed by atoms with E-state index in [0.29, 0.717) is 0 Å². The highest BCUT2D eigenvalue weighted by atomic mass is 16.6. The van der Waals surface area contributed by atoms with Crippen LogP contribution in [0.5, 0.6) is 0 Å². The Morgan fingerprint density at radius 1 is 1.36 bits per heavy atom. The molecule has 64 valence electrons. The normalized spacial score (nSPS) is 9.00. The summed E-state index contributed by atoms with van der Waals surface area (Å²) >= 11 is 0. The number of rotatable bonds is 2. The number of hydrogen-bond acceptors (Lipinski definition) is 4. The fraction of sp³-hybridized carbons (Fsp3) is 0.667. The van der Waals surface area contributed by atoms with E-state index < -0.39 is 12.0 Å². The van der Waals surface area contributed by atoms with Crippen molar-refractivity contribution < 1.29 is 19.1 Å². The van der Waals surface area contributed by atoms with E-state index in [2.05, 4.69) is 9.47 Å². The van der Waals surface area contributed by atoms with E-state index in [9.17, 15) is 9.59 Å². The number of ether oxygens (including phenoxy) is 2. The number of methoxy groups -OCH3 is 2. The summed E-state index contributed by atoms with van der Waals surface area (Å²) in [5, 5.41) is 0. The molecule has 0 aliphatic heterocycles. The highest BCUT2D eigenvalue weighted by Gasteiger charge is 2.17. The Hall–Kier alpha value is -1.10. The van der Waals surface area contributed by atoms with Crippen LogP contribution in [0.25, 0.3) is 0 Å². The number of imide groups is 1. The fourth-order valence-electron chi connectivity index (χ4n) is 0.511. The monoisotopic (exact) mass is 161 g/mol. The molecular formula is C6H11NO4. The second kappa shape index (κ2) is 4.68. The van der Waals surface area contributed by atoms with Gasteiger partial charge in [0.05, 0.1) is 7.11 Å². The zero-order chi connectivity index (χ0) is 8.85. The third kappa shape index (κ3) is 2.99. The van der Waals surface area contributed by atoms with Crippen LogP contribution in [0.15, 0.2) is 0 Å². The topological polar surface area (TPSA) is 55.8 Å². The van der Waals surface area contributed by atoms with Gasteiger partial charge in [-0.1, -0.05) is 0 Å². The Kier molecular flexibility index (Phi) is 4.21. The first kappa shape index (κ1) is 9.90. The van der Waals surface area contributed by atoms with Gasteiger partial charge < -0.3 is 9.47 Å². The molecule has 0 spiro atoms. The highest BCUT2D eigenvalue weighted by Crippen LogP contribution is 1.93. The van der Waals surface area contributed by atoms with Crippen LogP contribution in [0.3, 0.4) is 0 Å². The van der Waals surface area contributed by atoms with Crippen LogP contribution in [0.4, 0.5) is 4.79 Å². The fourth-order valence-corrected chi connectivity index (χ4v) is 0.511. The van der Waals surface area contributed by atoms with Crippen LogP contribution in [0.1, 0.15) is 6.92 Å². The van der Waals surface area contributed by atoms with Gasteiger partial charge in [-0.05, 0) is 0 Å². The van der Waals surface area contributed by atoms with Crippen molar-refractivity contribution in [3.05, 3.63) is 0 Å². The van der Waals surface area contributed by atoms with E-state index in [0.717, 1.165) is 4.90 Å². The Bertz CT molecular complexity index is 157. The van der Waals surface area contributed by atoms with E-state index in [1.807, 2.05) is 0 Å². The maximum Gasteiger partial charge on any atom is 0.418 e. The second-order valence-corrected chi connectivity index (χ2v) is 1.83. The molecule has 2 amide bonds. The van der Waals surface area contributed by atoms with Crippen LogP contribution in [0.2, 0.25) is 0 Å². The summed E-state index contributed by atoms with van der Waals surface area (Å²) in [6.07, 6.45) is -0.709. The van der Waals surface area contributed by atoms with Gasteiger partial charge in [-0.25, -0.2) is 9.69 Å². The van der Waals surface area contributed by atoms with E-state index in [1.54, 1.807) is 0 Å². The summed E-state index contributed by atoms with van der Waals surface area (Å²) < 4.78 is 8.90. The third-order valence-electron chi connectivity index (χ3n) is 1.03. The quantitative estimate of drug-likeness (QED) is 0.543. The predicted octanol–water partition coefficient (Wildman–Crippen LogP) is 0.205. The Labute approximate surface area is 64.9 Å². The molecule has 0 heterocycles. The van der Waals surface area contributed by atoms with Gasteiger partial charge in [0.25, 0.3) is 0 Å². The SMILES string of the molecule is COCN(C(C)=O)C(=O)OC. The average Bonchev–Trinajstić information content (AvgIpc) is 1.98. The lowest BCUT2D eigenvalue weighted by molar-refractivity contribution is -0.130. The number of nitrogens with zero attached hydrogens (tertiary/aromatic N) is 1. The third-order valence-corrected chi connectivity index (χ3v) is 1.03. The molecule has 0 atom stereocenters. The van der Waals surface area contributed by atoms with Crippen LogP contribution in [-0.2, 0) is 14.3 Å². The lowest BCUT2D eigenvalue weighted by Crippen LogP contribution is -2.36. The van der Waals surface area contributed by atoms with Crippen molar-refractivity contribution in [2.45, 2.75) is 6.92 Å². The molecular weight excluding hydrogens is 150 g/mol. The van der Waals surface area contributed by atoms with Crippen molar-refractivity contribution in [3.8, 4) is 0 Å². The summed E-state index contributed by atoms with van der Waals surface area (Å²) in [6.45, 7) is 1.18. The summed E-state index contributed by atoms with van der Waals surface area (Å²) in [6, 6.07) is 0. The van der Waals surface area contributed by atoms with Crippen molar-refractivity contribution in [2.75, 3.05) is 21.0 Å². The maximum atomic E-state index is 10.7. The number of hydrogen-bond donors (Lipinski definition) is 0. The summed E-state index contributed by atoms with van der Waals surface area (Å²) in [4.78, 5) is 22.3. The number of carbonyl (C=O) groups excluding carboxylic acids is 2. The summed E-state index contributed by atoms with van der Waals surface area (Å²) in [7, 11) is 2.59. The van der Waals surface area contributed by atoms with Crippen molar-refractivity contribution in [2.24, 2.45) is 0 Å². The minimum Gasteiger partial charge on any atom is -0.452 e. The molecule has 0 saturated carbocycles. The second-order valence-electron chi connectivity index (χ2n) is 1.83. The van der Waals surface area contributed by atoms with Gasteiger partial charge in [0.1, 0.15) is 6.73 Å². The summed E-state index contributed by atoms with van der Waals surface area (Å²) in [5.74, 6) is -0.404. The van der Waals surface area contributed by atoms with E-state index in [4.69, 9.17) is 0 Å². The zero-order valence-corrected chi connectivity index (χ0v) is 6.79. The molecule has 0 rings (SSSR count). The standard InChI is InChI=1S/C6H11NO4/c1-5(8)7(4-10-2)6(9)11-3/h4H2,1-3H3. The molecule has 11 heavy (non-hydrogen) atoms. The van der Waals surface area contributed by atoms with Crippen molar-refractivity contribution in [3.63, 3.8) is 0 Å². The van der Waals surface area contributed by atoms with E-state index in [-0.39, 0.29) is 6.73 Å². The van der Waals surface area contributed by atoms with Crippen LogP contribution in [0, 0.1) is 0 Å². The molecule has 5 nitrogen and oxygen atoms in total. The van der Waals surface area contributed by atoms with Gasteiger partial charge in [0, 0.05) is 14.0 Å². The van der Waals surface area contributed by atoms with Gasteiger partial charge >= 0.3 is 6.09 Å². The molecule has 0 fully saturated rings. The molecule has 0 aromatic rings. The lowest BCUT2D eigenvalue weighted by atomic mass is 10.6. The molecule has 0 aliphatic carbocycles. The van der Waals surface area contributed by atoms with Crippen LogP contribution >= 0.6 is 0 Å². The number of carbonyl (C=O) groups is 2. The van der Waals surface area contributed by atoms with Gasteiger partial charge in [-0.15, -0.1) is 0 Å². The first-order valence-electron chi connectivity index (χ1n) is 2.98. The lowest BCUT2D eigenvalue weighted by Gasteiger charge is -2.15. The smallest absolute Gasteiger partial charge is 0.418 e. The minimum atomic E-state index is -0.709. The van der Waals surface area contributed by atoms with Crippen LogP contribution in [-0.4, -0.2) is 37.9 Å². The Balaban J connectivity index is 4.09. The van der Waals surface area contributed by atoms with Gasteiger partial charge in [-0.2, -0.15) is 0 Å². The minimum absolute atomic E-state index is 0.0813. The molecule has 0 aromatic carbocycles. The molecule has 0 radical (unpaired) electrons. The van der Waals surface area contributed by atoms with Crippen molar-refractivity contribution in [1.29, 1.82) is 0 Å². The number of amides is 2. The average molecular weight is 161 g/mol. The van der Waals surface area contributed by atoms with Crippen LogP contribution < -0.4 is 0 Å². The van der Waals surface area contributed by atoms with Crippen molar-refractivity contribution >= 4 is 12.0 Å². The zero-order valence-electron chi connectivity index (χ0n) is 6.79. The molecule has 0 saturated heterocycles. The Morgan fingerprint density at radius 3 is 2.18 bits per heavy atom. The highest BCUT2D eigenvalue weighted by molar-refractivity contribution is 5.90.